The van der Waals surface area contributed by atoms with Crippen molar-refractivity contribution in [1.82, 2.24) is 9.80 Å². The van der Waals surface area contributed by atoms with E-state index in [1.54, 1.807) is 16.3 Å². The smallest absolute Gasteiger partial charge is 0.254 e. The highest BCUT2D eigenvalue weighted by molar-refractivity contribution is 7.08. The quantitative estimate of drug-likeness (QED) is 0.902. The highest BCUT2D eigenvalue weighted by Gasteiger charge is 2.42. The molecule has 0 bridgehead atoms. The molecule has 2 saturated heterocycles. The number of hydrogen-bond donors (Lipinski definition) is 1. The standard InChI is InChI=1S/C14H18F2N2O2S/c15-14(16)2-4-17(5-3-14)11-7-18(8-12(11)19)13(20)10-1-6-21-9-10/h1,6,9,11-12,19H,2-5,7-8H2/t11-,12-/m1/s1. The van der Waals surface area contributed by atoms with E-state index >= 15 is 0 Å². The number of aliphatic hydroxyl groups excluding tert-OH is 1. The summed E-state index contributed by atoms with van der Waals surface area (Å²) in [5.41, 5.74) is 0.623. The summed E-state index contributed by atoms with van der Waals surface area (Å²) in [6, 6.07) is 1.53. The molecular formula is C14H18F2N2O2S. The van der Waals surface area contributed by atoms with E-state index in [0.717, 1.165) is 0 Å². The molecule has 0 aromatic carbocycles. The lowest BCUT2D eigenvalue weighted by molar-refractivity contribution is -0.0697. The Morgan fingerprint density at radius 1 is 1.33 bits per heavy atom. The minimum Gasteiger partial charge on any atom is -0.390 e. The van der Waals surface area contributed by atoms with Crippen molar-refractivity contribution in [2.75, 3.05) is 26.2 Å². The number of nitrogens with zero attached hydrogens (tertiary/aromatic N) is 2. The van der Waals surface area contributed by atoms with Crippen LogP contribution in [0.2, 0.25) is 0 Å². The van der Waals surface area contributed by atoms with Gasteiger partial charge < -0.3 is 10.0 Å². The van der Waals surface area contributed by atoms with Gasteiger partial charge in [0, 0.05) is 44.4 Å². The molecule has 2 atom stereocenters. The lowest BCUT2D eigenvalue weighted by Gasteiger charge is -2.36. The van der Waals surface area contributed by atoms with Crippen molar-refractivity contribution in [3.8, 4) is 0 Å². The van der Waals surface area contributed by atoms with Crippen LogP contribution in [0.1, 0.15) is 23.2 Å². The first-order chi connectivity index (χ1) is 9.96. The van der Waals surface area contributed by atoms with Crippen LogP contribution in [-0.4, -0.2) is 65.1 Å². The van der Waals surface area contributed by atoms with E-state index in [-0.39, 0.29) is 44.4 Å². The molecule has 21 heavy (non-hydrogen) atoms. The Morgan fingerprint density at radius 3 is 2.67 bits per heavy atom. The molecule has 1 aromatic heterocycles. The summed E-state index contributed by atoms with van der Waals surface area (Å²) in [6.07, 6.45) is -1.01. The molecule has 0 unspecified atom stereocenters. The van der Waals surface area contributed by atoms with E-state index in [9.17, 15) is 18.7 Å². The van der Waals surface area contributed by atoms with Crippen LogP contribution in [0.25, 0.3) is 0 Å². The van der Waals surface area contributed by atoms with E-state index in [0.29, 0.717) is 12.1 Å². The van der Waals surface area contributed by atoms with Crippen LogP contribution in [-0.2, 0) is 0 Å². The van der Waals surface area contributed by atoms with Crippen LogP contribution < -0.4 is 0 Å². The number of rotatable bonds is 2. The van der Waals surface area contributed by atoms with Gasteiger partial charge in [0.2, 0.25) is 0 Å². The van der Waals surface area contributed by atoms with E-state index < -0.39 is 12.0 Å². The summed E-state index contributed by atoms with van der Waals surface area (Å²) in [4.78, 5) is 15.8. The number of aliphatic hydroxyl groups is 1. The molecule has 0 radical (unpaired) electrons. The van der Waals surface area contributed by atoms with Gasteiger partial charge in [-0.2, -0.15) is 11.3 Å². The summed E-state index contributed by atoms with van der Waals surface area (Å²) in [5, 5.41) is 13.8. The molecule has 3 heterocycles. The number of carbonyl (C=O) groups is 1. The van der Waals surface area contributed by atoms with Gasteiger partial charge in [-0.05, 0) is 11.4 Å². The first kappa shape index (κ1) is 14.9. The highest BCUT2D eigenvalue weighted by atomic mass is 32.1. The van der Waals surface area contributed by atoms with Gasteiger partial charge >= 0.3 is 0 Å². The van der Waals surface area contributed by atoms with E-state index in [1.807, 2.05) is 10.3 Å². The predicted molar refractivity (Wildman–Crippen MR) is 75.8 cm³/mol. The molecule has 1 N–H and O–H groups in total. The molecule has 1 aromatic rings. The molecule has 0 saturated carbocycles. The summed E-state index contributed by atoms with van der Waals surface area (Å²) < 4.78 is 26.4. The van der Waals surface area contributed by atoms with Crippen molar-refractivity contribution < 1.29 is 18.7 Å². The number of amides is 1. The van der Waals surface area contributed by atoms with Gasteiger partial charge in [-0.1, -0.05) is 0 Å². The molecule has 0 aliphatic carbocycles. The molecule has 1 amide bonds. The minimum absolute atomic E-state index is 0.0971. The second-order valence-corrected chi connectivity index (χ2v) is 6.53. The lowest BCUT2D eigenvalue weighted by Crippen LogP contribution is -2.49. The second kappa shape index (κ2) is 5.62. The fraction of sp³-hybridized carbons (Fsp3) is 0.643. The monoisotopic (exact) mass is 316 g/mol. The lowest BCUT2D eigenvalue weighted by atomic mass is 10.0. The highest BCUT2D eigenvalue weighted by Crippen LogP contribution is 2.30. The number of alkyl halides is 2. The summed E-state index contributed by atoms with van der Waals surface area (Å²) in [6.45, 7) is 1.22. The number of carbonyl (C=O) groups excluding carboxylic acids is 1. The Balaban J connectivity index is 1.63. The van der Waals surface area contributed by atoms with Crippen molar-refractivity contribution in [2.45, 2.75) is 30.9 Å². The fourth-order valence-electron chi connectivity index (χ4n) is 3.05. The van der Waals surface area contributed by atoms with Gasteiger partial charge in [-0.3, -0.25) is 9.69 Å². The Morgan fingerprint density at radius 2 is 2.05 bits per heavy atom. The third-order valence-electron chi connectivity index (χ3n) is 4.31. The van der Waals surface area contributed by atoms with Crippen molar-refractivity contribution in [3.05, 3.63) is 22.4 Å². The van der Waals surface area contributed by atoms with Gasteiger partial charge in [0.1, 0.15) is 0 Å². The molecule has 7 heteroatoms. The molecule has 2 aliphatic heterocycles. The van der Waals surface area contributed by atoms with Gasteiger partial charge in [-0.25, -0.2) is 8.78 Å². The zero-order chi connectivity index (χ0) is 15.0. The number of halogens is 2. The topological polar surface area (TPSA) is 43.8 Å². The molecule has 0 spiro atoms. The maximum absolute atomic E-state index is 13.2. The molecule has 2 aliphatic rings. The van der Waals surface area contributed by atoms with Crippen LogP contribution in [0.3, 0.4) is 0 Å². The summed E-state index contributed by atoms with van der Waals surface area (Å²) in [5.74, 6) is -2.69. The van der Waals surface area contributed by atoms with E-state index in [4.69, 9.17) is 0 Å². The third kappa shape index (κ3) is 3.09. The Hall–Kier alpha value is -1.05. The van der Waals surface area contributed by atoms with Gasteiger partial charge in [0.25, 0.3) is 11.8 Å². The molecule has 3 rings (SSSR count). The van der Waals surface area contributed by atoms with Crippen LogP contribution >= 0.6 is 11.3 Å². The first-order valence-corrected chi connectivity index (χ1v) is 8.02. The van der Waals surface area contributed by atoms with Crippen molar-refractivity contribution >= 4 is 17.2 Å². The van der Waals surface area contributed by atoms with Crippen LogP contribution in [0, 0.1) is 0 Å². The minimum atomic E-state index is -2.59. The number of thiophene rings is 1. The van der Waals surface area contributed by atoms with E-state index in [1.165, 1.54) is 11.3 Å². The maximum atomic E-state index is 13.2. The largest absolute Gasteiger partial charge is 0.390 e. The molecule has 116 valence electrons. The second-order valence-electron chi connectivity index (χ2n) is 5.75. The SMILES string of the molecule is O=C(c1ccsc1)N1C[C@@H](O)[C@H](N2CCC(F)(F)CC2)C1. The zero-order valence-electron chi connectivity index (χ0n) is 11.5. The predicted octanol–water partition coefficient (Wildman–Crippen LogP) is 1.66. The average Bonchev–Trinajstić information content (AvgIpc) is 3.08. The first-order valence-electron chi connectivity index (χ1n) is 7.08. The number of hydrogen-bond acceptors (Lipinski definition) is 4. The molecule has 2 fully saturated rings. The normalized spacial score (nSPS) is 29.8. The Bertz CT molecular complexity index is 499. The average molecular weight is 316 g/mol. The molecular weight excluding hydrogens is 298 g/mol. The fourth-order valence-corrected chi connectivity index (χ4v) is 3.68. The summed E-state index contributed by atoms with van der Waals surface area (Å²) in [7, 11) is 0. The van der Waals surface area contributed by atoms with Gasteiger partial charge in [-0.15, -0.1) is 0 Å². The Labute approximate surface area is 126 Å². The van der Waals surface area contributed by atoms with Gasteiger partial charge in [0.05, 0.1) is 17.7 Å². The number of β-amino-alcohol motifs (C(OH)–C–C–N with tert-alkyl or cyclic N) is 1. The zero-order valence-corrected chi connectivity index (χ0v) is 12.4. The van der Waals surface area contributed by atoms with Crippen LogP contribution in [0.4, 0.5) is 8.78 Å². The number of piperidine rings is 1. The van der Waals surface area contributed by atoms with Crippen LogP contribution in [0.15, 0.2) is 16.8 Å². The molecule has 4 nitrogen and oxygen atoms in total. The number of likely N-dealkylation sites (tertiary alicyclic amines) is 2. The van der Waals surface area contributed by atoms with Crippen molar-refractivity contribution in [2.24, 2.45) is 0 Å². The third-order valence-corrected chi connectivity index (χ3v) is 5.00. The van der Waals surface area contributed by atoms with Crippen LogP contribution in [0.5, 0.6) is 0 Å². The maximum Gasteiger partial charge on any atom is 0.254 e. The Kier molecular flexibility index (Phi) is 3.98. The van der Waals surface area contributed by atoms with Gasteiger partial charge in [0.15, 0.2) is 0 Å². The van der Waals surface area contributed by atoms with E-state index in [2.05, 4.69) is 0 Å². The van der Waals surface area contributed by atoms with Crippen molar-refractivity contribution in [3.63, 3.8) is 0 Å². The van der Waals surface area contributed by atoms with Crippen molar-refractivity contribution in [1.29, 1.82) is 0 Å². The summed E-state index contributed by atoms with van der Waals surface area (Å²) >= 11 is 1.45.